The van der Waals surface area contributed by atoms with E-state index in [4.69, 9.17) is 0 Å². The summed E-state index contributed by atoms with van der Waals surface area (Å²) in [6.07, 6.45) is 13.5. The van der Waals surface area contributed by atoms with Gasteiger partial charge in [0.05, 0.1) is 20.6 Å². The molecule has 6 heteroatoms. The number of nitrogens with zero attached hydrogens (tertiary/aromatic N) is 1. The van der Waals surface area contributed by atoms with Gasteiger partial charge < -0.3 is 9.38 Å². The van der Waals surface area contributed by atoms with E-state index in [1.807, 2.05) is 0 Å². The molecule has 0 bridgehead atoms. The number of hydrogen-bond acceptors (Lipinski definition) is 3. The molecule has 127 valence electrons. The third-order valence-electron chi connectivity index (χ3n) is 4.01. The molecule has 0 N–H and O–H groups in total. The maximum atomic E-state index is 10.3. The first-order valence-electron chi connectivity index (χ1n) is 8.57. The van der Waals surface area contributed by atoms with Gasteiger partial charge in [0.1, 0.15) is 6.54 Å². The first kappa shape index (κ1) is 25.2. The minimum atomic E-state index is -2.69. The Kier molecular flexibility index (Phi) is 19.3. The van der Waals surface area contributed by atoms with Crippen LogP contribution in [0.5, 0.6) is 0 Å². The van der Waals surface area contributed by atoms with Gasteiger partial charge in [0.15, 0.2) is 6.61 Å². The van der Waals surface area contributed by atoms with Gasteiger partial charge in [0.25, 0.3) is 0 Å². The van der Waals surface area contributed by atoms with Crippen LogP contribution in [0.25, 0.3) is 0 Å². The average Bonchev–Trinajstić information content (AvgIpc) is 2.40. The molecule has 1 radical (unpaired) electrons. The third kappa shape index (κ3) is 19.0. The largest absolute Gasteiger partial charge is 0.566 e. The van der Waals surface area contributed by atoms with Gasteiger partial charge in [0.2, 0.25) is 0 Å². The van der Waals surface area contributed by atoms with Crippen LogP contribution in [0.2, 0.25) is 0 Å². The smallest absolute Gasteiger partial charge is 0.488 e. The van der Waals surface area contributed by atoms with Crippen LogP contribution in [0.15, 0.2) is 0 Å². The Balaban J connectivity index is 0. The van der Waals surface area contributed by atoms with E-state index >= 15 is 0 Å². The molecule has 0 aromatic rings. The molecule has 0 saturated heterocycles. The van der Waals surface area contributed by atoms with E-state index in [-0.39, 0.29) is 29.6 Å². The molecule has 0 amide bonds. The fraction of sp³-hybridized carbons (Fsp3) is 1.00. The summed E-state index contributed by atoms with van der Waals surface area (Å²) in [6.45, 7) is 4.40. The summed E-state index contributed by atoms with van der Waals surface area (Å²) in [7, 11) is 1.58. The van der Waals surface area contributed by atoms with E-state index in [2.05, 4.69) is 25.5 Å². The Morgan fingerprint density at radius 3 is 1.77 bits per heavy atom. The fourth-order valence-corrected chi connectivity index (χ4v) is 2.73. The van der Waals surface area contributed by atoms with Crippen molar-refractivity contribution in [3.05, 3.63) is 0 Å². The van der Waals surface area contributed by atoms with Crippen molar-refractivity contribution in [3.63, 3.8) is 0 Å². The first-order valence-corrected chi connectivity index (χ1v) is 9.67. The topological polar surface area (TPSA) is 49.4 Å². The van der Waals surface area contributed by atoms with E-state index in [1.165, 1.54) is 64.2 Å². The SMILES string of the molecule is CCCCCCCCCCCC[N+](C)(C)CCO[P+](=O)[O-].[Na]. The van der Waals surface area contributed by atoms with E-state index in [9.17, 15) is 9.46 Å². The third-order valence-corrected chi connectivity index (χ3v) is 4.40. The van der Waals surface area contributed by atoms with Crippen molar-refractivity contribution in [2.75, 3.05) is 33.8 Å². The molecule has 22 heavy (non-hydrogen) atoms. The zero-order valence-electron chi connectivity index (χ0n) is 15.3. The molecule has 0 aromatic carbocycles. The van der Waals surface area contributed by atoms with Gasteiger partial charge in [-0.3, -0.25) is 0 Å². The van der Waals surface area contributed by atoms with E-state index < -0.39 is 8.25 Å². The van der Waals surface area contributed by atoms with Crippen LogP contribution in [0.4, 0.5) is 0 Å². The Hall–Kier alpha value is 0.980. The maximum Gasteiger partial charge on any atom is 0.488 e. The number of quaternary nitrogens is 1. The molecule has 1 atom stereocenters. The number of likely N-dealkylation sites (N-methyl/N-ethyl adjacent to an activating group) is 1. The van der Waals surface area contributed by atoms with Crippen LogP contribution in [0, 0.1) is 0 Å². The number of unbranched alkanes of at least 4 members (excludes halogenated alkanes) is 9. The number of rotatable bonds is 15. The minimum Gasteiger partial charge on any atom is -0.566 e. The Labute approximate surface area is 160 Å². The van der Waals surface area contributed by atoms with Crippen LogP contribution >= 0.6 is 8.25 Å². The second kappa shape index (κ2) is 16.8. The quantitative estimate of drug-likeness (QED) is 0.197. The zero-order valence-corrected chi connectivity index (χ0v) is 18.2. The van der Waals surface area contributed by atoms with Gasteiger partial charge in [-0.2, -0.15) is 0 Å². The van der Waals surface area contributed by atoms with Gasteiger partial charge in [-0.15, -0.1) is 4.52 Å². The van der Waals surface area contributed by atoms with E-state index in [1.54, 1.807) is 0 Å². The molecule has 0 aliphatic rings. The maximum absolute atomic E-state index is 10.3. The Morgan fingerprint density at radius 2 is 1.32 bits per heavy atom. The average molecular weight is 343 g/mol. The molecular formula is C16H35NNaO3P+. The van der Waals surface area contributed by atoms with Crippen LogP contribution < -0.4 is 4.89 Å². The van der Waals surface area contributed by atoms with Crippen molar-refractivity contribution in [1.29, 1.82) is 0 Å². The molecular weight excluding hydrogens is 308 g/mol. The Bertz CT molecular complexity index is 266. The van der Waals surface area contributed by atoms with Crippen molar-refractivity contribution >= 4 is 37.8 Å². The molecule has 0 aromatic heterocycles. The normalized spacial score (nSPS) is 12.1. The van der Waals surface area contributed by atoms with Gasteiger partial charge in [-0.1, -0.05) is 58.3 Å². The second-order valence-electron chi connectivity index (χ2n) is 6.62. The standard InChI is InChI=1S/C16H35NO3P.Na/c1-4-5-6-7-8-9-10-11-12-13-14-17(2,3)15-16-20-21(18)19;/h4-16H2,1-3H3;/q+1;. The summed E-state index contributed by atoms with van der Waals surface area (Å²) in [6, 6.07) is 0. The second-order valence-corrected chi connectivity index (χ2v) is 7.33. The molecule has 0 heterocycles. The molecule has 0 saturated carbocycles. The van der Waals surface area contributed by atoms with E-state index in [0.717, 1.165) is 17.6 Å². The molecule has 0 aliphatic carbocycles. The molecule has 1 unspecified atom stereocenters. The summed E-state index contributed by atoms with van der Waals surface area (Å²) < 4.78 is 15.8. The number of hydrogen-bond donors (Lipinski definition) is 0. The molecule has 0 rings (SSSR count). The Morgan fingerprint density at radius 1 is 0.864 bits per heavy atom. The van der Waals surface area contributed by atoms with Crippen molar-refractivity contribution in [2.24, 2.45) is 0 Å². The van der Waals surface area contributed by atoms with Crippen LogP contribution in [0.1, 0.15) is 71.1 Å². The van der Waals surface area contributed by atoms with Gasteiger partial charge >= 0.3 is 8.25 Å². The minimum absolute atomic E-state index is 0. The summed E-state index contributed by atoms with van der Waals surface area (Å²) in [4.78, 5) is 10.3. The van der Waals surface area contributed by atoms with Gasteiger partial charge in [-0.05, 0) is 17.4 Å². The van der Waals surface area contributed by atoms with Gasteiger partial charge in [0, 0.05) is 29.6 Å². The predicted molar refractivity (Wildman–Crippen MR) is 93.0 cm³/mol. The summed E-state index contributed by atoms with van der Waals surface area (Å²) in [5.74, 6) is 0. The predicted octanol–water partition coefficient (Wildman–Crippen LogP) is 3.64. The summed E-state index contributed by atoms with van der Waals surface area (Å²) in [5, 5.41) is 0. The molecule has 0 spiro atoms. The molecule has 4 nitrogen and oxygen atoms in total. The summed E-state index contributed by atoms with van der Waals surface area (Å²) in [5.41, 5.74) is 0. The fourth-order valence-electron chi connectivity index (χ4n) is 2.50. The molecule has 0 fully saturated rings. The van der Waals surface area contributed by atoms with Crippen molar-refractivity contribution in [2.45, 2.75) is 71.1 Å². The van der Waals surface area contributed by atoms with E-state index in [0.29, 0.717) is 6.61 Å². The van der Waals surface area contributed by atoms with Crippen LogP contribution in [0.3, 0.4) is 0 Å². The molecule has 0 aliphatic heterocycles. The van der Waals surface area contributed by atoms with Crippen LogP contribution in [-0.2, 0) is 9.09 Å². The van der Waals surface area contributed by atoms with Crippen molar-refractivity contribution < 1.29 is 18.5 Å². The zero-order chi connectivity index (χ0) is 16.0. The van der Waals surface area contributed by atoms with Crippen molar-refractivity contribution in [1.82, 2.24) is 0 Å². The summed E-state index contributed by atoms with van der Waals surface area (Å²) >= 11 is 0. The monoisotopic (exact) mass is 343 g/mol. The first-order chi connectivity index (χ1) is 9.98. The van der Waals surface area contributed by atoms with Gasteiger partial charge in [-0.25, -0.2) is 0 Å². The van der Waals surface area contributed by atoms with Crippen molar-refractivity contribution in [3.8, 4) is 0 Å². The van der Waals surface area contributed by atoms with Crippen LogP contribution in [-0.4, -0.2) is 67.8 Å².